The van der Waals surface area contributed by atoms with E-state index in [4.69, 9.17) is 0 Å². The van der Waals surface area contributed by atoms with E-state index in [1.165, 1.54) is 18.6 Å². The van der Waals surface area contributed by atoms with E-state index in [2.05, 4.69) is 12.2 Å². The van der Waals surface area contributed by atoms with Crippen LogP contribution in [0.5, 0.6) is 0 Å². The average molecular weight is 288 g/mol. The Morgan fingerprint density at radius 3 is 2.89 bits per heavy atom. The summed E-state index contributed by atoms with van der Waals surface area (Å²) in [6.07, 6.45) is 4.96. The molecule has 0 aliphatic carbocycles. The molecule has 19 heavy (non-hydrogen) atoms. The Bertz CT molecular complexity index is 386. The Morgan fingerprint density at radius 2 is 2.21 bits per heavy atom. The van der Waals surface area contributed by atoms with Crippen LogP contribution in [0.1, 0.15) is 50.7 Å². The van der Waals surface area contributed by atoms with Gasteiger partial charge in [0.1, 0.15) is 5.82 Å². The fraction of sp³-hybridized carbons (Fsp3) is 0.600. The van der Waals surface area contributed by atoms with Crippen molar-refractivity contribution in [1.29, 1.82) is 0 Å². The molecule has 2 N–H and O–H groups in total. The van der Waals surface area contributed by atoms with Crippen molar-refractivity contribution in [3.05, 3.63) is 35.6 Å². The maximum atomic E-state index is 13.2. The smallest absolute Gasteiger partial charge is 0.123 e. The molecule has 1 aromatic rings. The third kappa shape index (κ3) is 4.44. The maximum absolute atomic E-state index is 13.2. The topological polar surface area (TPSA) is 32.3 Å². The summed E-state index contributed by atoms with van der Waals surface area (Å²) in [6.45, 7) is 2.17. The lowest BCUT2D eigenvalue weighted by atomic mass is 9.90. The van der Waals surface area contributed by atoms with Gasteiger partial charge in [-0.25, -0.2) is 4.39 Å². The summed E-state index contributed by atoms with van der Waals surface area (Å²) in [6, 6.07) is 6.83. The minimum Gasteiger partial charge on any atom is -0.387 e. The van der Waals surface area contributed by atoms with E-state index in [0.29, 0.717) is 11.6 Å². The molecule has 0 saturated carbocycles. The normalized spacial score (nSPS) is 24.6. The van der Waals surface area contributed by atoms with Crippen LogP contribution in [-0.4, -0.2) is 17.2 Å². The molecule has 1 aliphatic rings. The zero-order valence-corrected chi connectivity index (χ0v) is 12.1. The van der Waals surface area contributed by atoms with Gasteiger partial charge in [0.2, 0.25) is 0 Å². The van der Waals surface area contributed by atoms with E-state index in [-0.39, 0.29) is 24.3 Å². The highest BCUT2D eigenvalue weighted by Gasteiger charge is 2.27. The summed E-state index contributed by atoms with van der Waals surface area (Å²) < 4.78 is 13.2. The number of piperidine rings is 1. The van der Waals surface area contributed by atoms with Crippen molar-refractivity contribution in [3.8, 4) is 0 Å². The van der Waals surface area contributed by atoms with Crippen molar-refractivity contribution in [2.45, 2.75) is 57.2 Å². The average Bonchev–Trinajstić information content (AvgIpc) is 2.39. The predicted molar refractivity (Wildman–Crippen MR) is 78.1 cm³/mol. The number of hydrogen-bond donors (Lipinski definition) is 2. The Balaban J connectivity index is 0.00000180. The third-order valence-corrected chi connectivity index (χ3v) is 3.73. The molecule has 0 aromatic heterocycles. The van der Waals surface area contributed by atoms with E-state index in [1.54, 1.807) is 12.1 Å². The standard InChI is InChI=1S/C15H22FNO.ClH/c1-2-5-13-8-4-9-14(17-13)15(18)11-6-3-7-12(16)10-11;/h3,6-7,10,13-15,17-18H,2,4-5,8-9H2,1H3;1H/t13-,14-,15+;/m1./s1. The van der Waals surface area contributed by atoms with Crippen LogP contribution < -0.4 is 5.32 Å². The van der Waals surface area contributed by atoms with Gasteiger partial charge in [-0.2, -0.15) is 0 Å². The Morgan fingerprint density at radius 1 is 1.42 bits per heavy atom. The quantitative estimate of drug-likeness (QED) is 0.887. The lowest BCUT2D eigenvalue weighted by molar-refractivity contribution is 0.0995. The van der Waals surface area contributed by atoms with Gasteiger partial charge in [0.15, 0.2) is 0 Å². The molecule has 3 atom stereocenters. The zero-order chi connectivity index (χ0) is 13.0. The first kappa shape index (κ1) is 16.4. The van der Waals surface area contributed by atoms with Gasteiger partial charge in [0.05, 0.1) is 6.10 Å². The first-order chi connectivity index (χ1) is 8.70. The highest BCUT2D eigenvalue weighted by Crippen LogP contribution is 2.26. The third-order valence-electron chi connectivity index (χ3n) is 3.73. The van der Waals surface area contributed by atoms with Crippen LogP contribution in [-0.2, 0) is 0 Å². The SMILES string of the molecule is CCC[C@@H]1CCC[C@H]([C@@H](O)c2cccc(F)c2)N1.Cl. The predicted octanol–water partition coefficient (Wildman–Crippen LogP) is 3.59. The first-order valence-electron chi connectivity index (χ1n) is 6.90. The monoisotopic (exact) mass is 287 g/mol. The molecule has 2 rings (SSSR count). The Labute approximate surface area is 120 Å². The van der Waals surface area contributed by atoms with Gasteiger partial charge < -0.3 is 10.4 Å². The number of aliphatic hydroxyl groups is 1. The number of benzene rings is 1. The number of hydrogen-bond acceptors (Lipinski definition) is 2. The van der Waals surface area contributed by atoms with Gasteiger partial charge in [-0.15, -0.1) is 12.4 Å². The van der Waals surface area contributed by atoms with Crippen LogP contribution in [0.25, 0.3) is 0 Å². The summed E-state index contributed by atoms with van der Waals surface area (Å²) in [4.78, 5) is 0. The van der Waals surface area contributed by atoms with Crippen LogP contribution in [0.3, 0.4) is 0 Å². The number of rotatable bonds is 4. The van der Waals surface area contributed by atoms with Crippen molar-refractivity contribution in [1.82, 2.24) is 5.32 Å². The molecule has 1 saturated heterocycles. The largest absolute Gasteiger partial charge is 0.387 e. The minimum absolute atomic E-state index is 0. The lowest BCUT2D eigenvalue weighted by Gasteiger charge is -2.34. The first-order valence-corrected chi connectivity index (χ1v) is 6.90. The molecule has 1 fully saturated rings. The molecule has 0 spiro atoms. The molecule has 0 bridgehead atoms. The fourth-order valence-electron chi connectivity index (χ4n) is 2.80. The van der Waals surface area contributed by atoms with Gasteiger partial charge in [0.25, 0.3) is 0 Å². The highest BCUT2D eigenvalue weighted by atomic mass is 35.5. The molecule has 108 valence electrons. The van der Waals surface area contributed by atoms with Gasteiger partial charge in [-0.05, 0) is 37.0 Å². The van der Waals surface area contributed by atoms with Crippen molar-refractivity contribution in [2.75, 3.05) is 0 Å². The lowest BCUT2D eigenvalue weighted by Crippen LogP contribution is -2.45. The van der Waals surface area contributed by atoms with Crippen LogP contribution in [0.15, 0.2) is 24.3 Å². The molecule has 1 heterocycles. The number of halogens is 2. The molecule has 1 aliphatic heterocycles. The molecular formula is C15H23ClFNO. The van der Waals surface area contributed by atoms with Crippen LogP contribution in [0.4, 0.5) is 4.39 Å². The van der Waals surface area contributed by atoms with Gasteiger partial charge in [-0.3, -0.25) is 0 Å². The second-order valence-electron chi connectivity index (χ2n) is 5.19. The molecular weight excluding hydrogens is 265 g/mol. The van der Waals surface area contributed by atoms with E-state index in [1.807, 2.05) is 0 Å². The second kappa shape index (κ2) is 7.83. The van der Waals surface area contributed by atoms with E-state index < -0.39 is 6.10 Å². The van der Waals surface area contributed by atoms with E-state index >= 15 is 0 Å². The summed E-state index contributed by atoms with van der Waals surface area (Å²) in [5, 5.41) is 13.8. The van der Waals surface area contributed by atoms with Gasteiger partial charge in [0, 0.05) is 12.1 Å². The molecule has 0 radical (unpaired) electrons. The van der Waals surface area contributed by atoms with Crippen molar-refractivity contribution >= 4 is 12.4 Å². The van der Waals surface area contributed by atoms with Gasteiger partial charge >= 0.3 is 0 Å². The van der Waals surface area contributed by atoms with Crippen LogP contribution in [0, 0.1) is 5.82 Å². The van der Waals surface area contributed by atoms with Crippen LogP contribution >= 0.6 is 12.4 Å². The van der Waals surface area contributed by atoms with E-state index in [0.717, 1.165) is 25.7 Å². The summed E-state index contributed by atoms with van der Waals surface area (Å²) in [7, 11) is 0. The molecule has 1 aromatic carbocycles. The fourth-order valence-corrected chi connectivity index (χ4v) is 2.80. The molecule has 0 unspecified atom stereocenters. The zero-order valence-electron chi connectivity index (χ0n) is 11.3. The van der Waals surface area contributed by atoms with Crippen molar-refractivity contribution in [3.63, 3.8) is 0 Å². The van der Waals surface area contributed by atoms with E-state index in [9.17, 15) is 9.50 Å². The number of aliphatic hydroxyl groups excluding tert-OH is 1. The molecule has 2 nitrogen and oxygen atoms in total. The van der Waals surface area contributed by atoms with Crippen molar-refractivity contribution < 1.29 is 9.50 Å². The van der Waals surface area contributed by atoms with Gasteiger partial charge in [-0.1, -0.05) is 31.9 Å². The number of nitrogens with one attached hydrogen (secondary N) is 1. The molecule has 0 amide bonds. The summed E-state index contributed by atoms with van der Waals surface area (Å²) >= 11 is 0. The maximum Gasteiger partial charge on any atom is 0.123 e. The second-order valence-corrected chi connectivity index (χ2v) is 5.19. The van der Waals surface area contributed by atoms with Crippen LogP contribution in [0.2, 0.25) is 0 Å². The summed E-state index contributed by atoms with van der Waals surface area (Å²) in [5.74, 6) is -0.285. The molecule has 4 heteroatoms. The minimum atomic E-state index is -0.611. The Hall–Kier alpha value is -0.640. The highest BCUT2D eigenvalue weighted by molar-refractivity contribution is 5.85. The Kier molecular flexibility index (Phi) is 6.76. The van der Waals surface area contributed by atoms with Crippen molar-refractivity contribution in [2.24, 2.45) is 0 Å². The summed E-state index contributed by atoms with van der Waals surface area (Å²) in [5.41, 5.74) is 0.671.